The Bertz CT molecular complexity index is 727. The fraction of sp³-hybridized carbons (Fsp3) is 0.600. The first kappa shape index (κ1) is 10.8. The first-order valence-electron chi connectivity index (χ1n) is 10.0. The van der Waals surface area contributed by atoms with Crippen LogP contribution in [0.4, 0.5) is 0 Å². The Morgan fingerprint density at radius 3 is 2.05 bits per heavy atom. The van der Waals surface area contributed by atoms with Crippen LogP contribution >= 0.6 is 24.8 Å². The molecule has 0 bridgehead atoms. The molecule has 0 aromatic heterocycles. The first-order valence-corrected chi connectivity index (χ1v) is 6.01. The molecule has 0 atom stereocenters. The van der Waals surface area contributed by atoms with Crippen LogP contribution in [0.15, 0.2) is 12.1 Å². The monoisotopic (exact) mass is 360 g/mol. The molecule has 7 heteroatoms. The van der Waals surface area contributed by atoms with Gasteiger partial charge in [-0.05, 0) is 13.1 Å². The van der Waals surface area contributed by atoms with Crippen molar-refractivity contribution >= 4 is 24.8 Å². The average Bonchev–Trinajstić information content (AvgIpc) is 2.62. The maximum Gasteiger partial charge on any atom is 0.203 e. The highest BCUT2D eigenvalue weighted by Gasteiger charge is 2.19. The van der Waals surface area contributed by atoms with Crippen LogP contribution in [0.25, 0.3) is 0 Å². The molecule has 2 rings (SSSR count). The lowest BCUT2D eigenvalue weighted by atomic mass is 10.1. The van der Waals surface area contributed by atoms with Crippen molar-refractivity contribution in [2.24, 2.45) is 0 Å². The summed E-state index contributed by atoms with van der Waals surface area (Å²) in [6.07, 6.45) is 0. The standard InChI is InChI=1S/C15H24N2O3.2ClH/c1-16-7-9-17(10-8-16)11-12-5-6-13(18-2)15(20-4)14(12)19-3;;/h5-6H,7-11H2,1-4H3;2*1H/i7D2,8D2,9D2,10D2;;. The zero-order valence-corrected chi connectivity index (χ0v) is 14.4. The van der Waals surface area contributed by atoms with Crippen LogP contribution < -0.4 is 14.2 Å². The lowest BCUT2D eigenvalue weighted by Crippen LogP contribution is -2.43. The Morgan fingerprint density at radius 1 is 0.955 bits per heavy atom. The summed E-state index contributed by atoms with van der Waals surface area (Å²) in [5.41, 5.74) is 0.282. The molecule has 0 amide bonds. The number of ether oxygens (including phenoxy) is 3. The van der Waals surface area contributed by atoms with Crippen molar-refractivity contribution in [3.63, 3.8) is 0 Å². The summed E-state index contributed by atoms with van der Waals surface area (Å²) in [6.45, 7) is -11.8. The van der Waals surface area contributed by atoms with Gasteiger partial charge in [0.2, 0.25) is 5.75 Å². The molecule has 5 nitrogen and oxygen atoms in total. The molecule has 1 aromatic rings. The topological polar surface area (TPSA) is 34.2 Å². The van der Waals surface area contributed by atoms with Crippen LogP contribution in [-0.2, 0) is 6.54 Å². The molecule has 128 valence electrons. The largest absolute Gasteiger partial charge is 0.493 e. The van der Waals surface area contributed by atoms with Crippen molar-refractivity contribution in [1.29, 1.82) is 0 Å². The maximum absolute atomic E-state index is 8.28. The zero-order chi connectivity index (χ0) is 21.7. The molecule has 0 spiro atoms. The van der Waals surface area contributed by atoms with E-state index >= 15 is 0 Å². The number of methoxy groups -OCH3 is 3. The van der Waals surface area contributed by atoms with E-state index in [-0.39, 0.29) is 41.9 Å². The van der Waals surface area contributed by atoms with Crippen molar-refractivity contribution < 1.29 is 25.2 Å². The van der Waals surface area contributed by atoms with Gasteiger partial charge in [0.25, 0.3) is 0 Å². The zero-order valence-electron chi connectivity index (χ0n) is 20.8. The van der Waals surface area contributed by atoms with Gasteiger partial charge in [0.1, 0.15) is 0 Å². The van der Waals surface area contributed by atoms with E-state index in [9.17, 15) is 0 Å². The van der Waals surface area contributed by atoms with E-state index in [4.69, 9.17) is 25.2 Å². The second-order valence-electron chi connectivity index (χ2n) is 4.09. The summed E-state index contributed by atoms with van der Waals surface area (Å²) in [6, 6.07) is 3.04. The van der Waals surface area contributed by atoms with Crippen molar-refractivity contribution in [2.45, 2.75) is 6.54 Å². The van der Waals surface area contributed by atoms with E-state index in [0.717, 1.165) is 7.05 Å². The van der Waals surface area contributed by atoms with Crippen LogP contribution in [0.2, 0.25) is 0 Å². The second kappa shape index (κ2) is 10.0. The SMILES string of the molecule is Cl.Cl.[2H]C1([2H])N(C)C([2H])([2H])C([2H])([2H])N(Cc2ccc(OC)c(OC)c2OC)C1([2H])[2H]. The minimum atomic E-state index is -2.87. The molecule has 0 radical (unpaired) electrons. The van der Waals surface area contributed by atoms with Crippen LogP contribution in [0.1, 0.15) is 16.5 Å². The molecular weight excluding hydrogens is 327 g/mol. The van der Waals surface area contributed by atoms with E-state index in [1.807, 2.05) is 0 Å². The molecule has 1 aromatic carbocycles. The van der Waals surface area contributed by atoms with Crippen molar-refractivity contribution in [2.75, 3.05) is 54.4 Å². The molecule has 22 heavy (non-hydrogen) atoms. The summed E-state index contributed by atoms with van der Waals surface area (Å²) >= 11 is 0. The van der Waals surface area contributed by atoms with Gasteiger partial charge in [-0.2, -0.15) is 0 Å². The minimum Gasteiger partial charge on any atom is -0.493 e. The van der Waals surface area contributed by atoms with Gasteiger partial charge in [-0.25, -0.2) is 0 Å². The molecule has 0 saturated carbocycles. The Labute approximate surface area is 156 Å². The van der Waals surface area contributed by atoms with Gasteiger partial charge >= 0.3 is 0 Å². The Hall–Kier alpha value is -0.880. The maximum atomic E-state index is 8.28. The van der Waals surface area contributed by atoms with Gasteiger partial charge in [0, 0.05) is 49.1 Å². The molecular formula is C15H26Cl2N2O3. The number of rotatable bonds is 5. The van der Waals surface area contributed by atoms with Crippen molar-refractivity contribution in [3.05, 3.63) is 17.7 Å². The molecule has 1 heterocycles. The van der Waals surface area contributed by atoms with E-state index in [1.165, 1.54) is 33.5 Å². The molecule has 1 aliphatic rings. The van der Waals surface area contributed by atoms with Gasteiger partial charge in [-0.1, -0.05) is 6.07 Å². The van der Waals surface area contributed by atoms with Crippen LogP contribution in [0.5, 0.6) is 17.2 Å². The fourth-order valence-corrected chi connectivity index (χ4v) is 1.86. The third-order valence-corrected chi connectivity index (χ3v) is 2.82. The fourth-order valence-electron chi connectivity index (χ4n) is 1.86. The molecule has 0 aliphatic carbocycles. The predicted molar refractivity (Wildman–Crippen MR) is 93.4 cm³/mol. The quantitative estimate of drug-likeness (QED) is 0.804. The highest BCUT2D eigenvalue weighted by atomic mass is 35.5. The van der Waals surface area contributed by atoms with Gasteiger partial charge in [-0.15, -0.1) is 24.8 Å². The molecule has 1 fully saturated rings. The third-order valence-electron chi connectivity index (χ3n) is 2.82. The highest BCUT2D eigenvalue weighted by Crippen LogP contribution is 2.40. The summed E-state index contributed by atoms with van der Waals surface area (Å²) in [5.74, 6) is 0.718. The van der Waals surface area contributed by atoms with E-state index < -0.39 is 32.5 Å². The number of piperazine rings is 1. The second-order valence-corrected chi connectivity index (χ2v) is 4.09. The summed E-state index contributed by atoms with van der Waals surface area (Å²) in [4.78, 5) is 0.978. The number of benzene rings is 1. The van der Waals surface area contributed by atoms with Crippen LogP contribution in [0, 0.1) is 0 Å². The number of hydrogen-bond acceptors (Lipinski definition) is 5. The van der Waals surface area contributed by atoms with Crippen molar-refractivity contribution in [1.82, 2.24) is 9.80 Å². The van der Waals surface area contributed by atoms with Crippen molar-refractivity contribution in [3.8, 4) is 17.2 Å². The molecule has 1 aliphatic heterocycles. The number of nitrogens with zero attached hydrogens (tertiary/aromatic N) is 2. The van der Waals surface area contributed by atoms with Crippen LogP contribution in [0.3, 0.4) is 0 Å². The van der Waals surface area contributed by atoms with Gasteiger partial charge in [0.15, 0.2) is 11.5 Å². The summed E-state index contributed by atoms with van der Waals surface area (Å²) in [5, 5.41) is 0. The highest BCUT2D eigenvalue weighted by molar-refractivity contribution is 5.85. The Kier molecular flexibility index (Phi) is 4.91. The number of halogens is 2. The average molecular weight is 361 g/mol. The lowest BCUT2D eigenvalue weighted by Gasteiger charge is -2.32. The Morgan fingerprint density at radius 2 is 1.55 bits per heavy atom. The third kappa shape index (κ3) is 4.81. The van der Waals surface area contributed by atoms with Gasteiger partial charge in [-0.3, -0.25) is 4.90 Å². The lowest BCUT2D eigenvalue weighted by molar-refractivity contribution is 0.147. The Balaban J connectivity index is 0.00000420. The first-order chi connectivity index (χ1) is 12.7. The number of likely N-dealkylation sites (N-methyl/N-ethyl adjacent to an activating group) is 1. The van der Waals surface area contributed by atoms with E-state index in [1.54, 1.807) is 0 Å². The van der Waals surface area contributed by atoms with Gasteiger partial charge in [0.05, 0.1) is 21.3 Å². The predicted octanol–water partition coefficient (Wildman–Crippen LogP) is 2.30. The summed E-state index contributed by atoms with van der Waals surface area (Å²) in [7, 11) is 5.18. The molecule has 1 saturated heterocycles. The van der Waals surface area contributed by atoms with Crippen LogP contribution in [-0.4, -0.2) is 64.2 Å². The summed E-state index contributed by atoms with van der Waals surface area (Å²) < 4.78 is 81.3. The van der Waals surface area contributed by atoms with E-state index in [0.29, 0.717) is 15.5 Å². The normalized spacial score (nSPS) is 30.0. The van der Waals surface area contributed by atoms with E-state index in [2.05, 4.69) is 0 Å². The molecule has 0 unspecified atom stereocenters. The smallest absolute Gasteiger partial charge is 0.203 e. The minimum absolute atomic E-state index is 0. The number of hydrogen-bond donors (Lipinski definition) is 0. The van der Waals surface area contributed by atoms with Gasteiger partial charge < -0.3 is 19.1 Å². The molecule has 0 N–H and O–H groups in total.